The van der Waals surface area contributed by atoms with Crippen LogP contribution in [0.3, 0.4) is 0 Å². The Bertz CT molecular complexity index is 610. The fourth-order valence-electron chi connectivity index (χ4n) is 2.64. The third kappa shape index (κ3) is 3.88. The monoisotopic (exact) mass is 318 g/mol. The highest BCUT2D eigenvalue weighted by atomic mass is 16.4. The van der Waals surface area contributed by atoms with E-state index >= 15 is 0 Å². The zero-order chi connectivity index (χ0) is 17.1. The van der Waals surface area contributed by atoms with Crippen molar-refractivity contribution < 1.29 is 19.5 Å². The molecule has 6 heteroatoms. The average Bonchev–Trinajstić information content (AvgIpc) is 2.86. The molecule has 2 amide bonds. The van der Waals surface area contributed by atoms with Gasteiger partial charge >= 0.3 is 5.97 Å². The molecule has 1 unspecified atom stereocenters. The van der Waals surface area contributed by atoms with Crippen LogP contribution in [0.15, 0.2) is 24.3 Å². The lowest BCUT2D eigenvalue weighted by molar-refractivity contribution is -0.143. The fraction of sp³-hybridized carbons (Fsp3) is 0.471. The third-order valence-corrected chi connectivity index (χ3v) is 4.07. The zero-order valence-corrected chi connectivity index (χ0v) is 13.6. The van der Waals surface area contributed by atoms with Gasteiger partial charge in [-0.3, -0.25) is 9.59 Å². The van der Waals surface area contributed by atoms with Gasteiger partial charge in [0.15, 0.2) is 0 Å². The van der Waals surface area contributed by atoms with Crippen LogP contribution in [-0.4, -0.2) is 35.5 Å². The van der Waals surface area contributed by atoms with Crippen molar-refractivity contribution in [1.82, 2.24) is 5.32 Å². The van der Waals surface area contributed by atoms with Gasteiger partial charge in [-0.05, 0) is 25.0 Å². The lowest BCUT2D eigenvalue weighted by Crippen LogP contribution is -2.47. The number of rotatable bonds is 5. The number of carboxylic acids is 1. The number of amides is 2. The van der Waals surface area contributed by atoms with Crippen molar-refractivity contribution in [1.29, 1.82) is 0 Å². The Morgan fingerprint density at radius 3 is 2.39 bits per heavy atom. The van der Waals surface area contributed by atoms with Crippen LogP contribution in [0.5, 0.6) is 0 Å². The molecule has 1 fully saturated rings. The molecule has 124 valence electrons. The van der Waals surface area contributed by atoms with Crippen molar-refractivity contribution in [3.05, 3.63) is 29.8 Å². The van der Waals surface area contributed by atoms with E-state index in [4.69, 9.17) is 5.11 Å². The maximum absolute atomic E-state index is 12.3. The van der Waals surface area contributed by atoms with Gasteiger partial charge in [-0.15, -0.1) is 0 Å². The van der Waals surface area contributed by atoms with Crippen molar-refractivity contribution >= 4 is 23.5 Å². The summed E-state index contributed by atoms with van der Waals surface area (Å²) in [4.78, 5) is 37.2. The van der Waals surface area contributed by atoms with E-state index in [1.165, 1.54) is 0 Å². The number of hydrogen-bond donors (Lipinski definition) is 2. The molecule has 1 aliphatic rings. The number of carboxylic acid groups (broad SMARTS) is 1. The van der Waals surface area contributed by atoms with E-state index in [0.717, 1.165) is 11.3 Å². The first-order chi connectivity index (χ1) is 10.8. The van der Waals surface area contributed by atoms with Crippen LogP contribution < -0.4 is 10.2 Å². The second kappa shape index (κ2) is 6.81. The molecule has 2 rings (SSSR count). The van der Waals surface area contributed by atoms with Crippen LogP contribution in [0.25, 0.3) is 0 Å². The third-order valence-electron chi connectivity index (χ3n) is 4.07. The fourth-order valence-corrected chi connectivity index (χ4v) is 2.64. The van der Waals surface area contributed by atoms with E-state index in [1.807, 2.05) is 31.2 Å². The average molecular weight is 318 g/mol. The molecule has 1 saturated heterocycles. The first-order valence-electron chi connectivity index (χ1n) is 7.69. The Hall–Kier alpha value is -2.37. The summed E-state index contributed by atoms with van der Waals surface area (Å²) < 4.78 is 0. The molecule has 0 spiro atoms. The van der Waals surface area contributed by atoms with E-state index in [-0.39, 0.29) is 30.7 Å². The summed E-state index contributed by atoms with van der Waals surface area (Å²) in [5.74, 6) is -2.31. The molecule has 1 aromatic carbocycles. The molecule has 2 atom stereocenters. The topological polar surface area (TPSA) is 86.7 Å². The zero-order valence-electron chi connectivity index (χ0n) is 13.6. The van der Waals surface area contributed by atoms with E-state index < -0.39 is 17.9 Å². The molecule has 0 aromatic heterocycles. The van der Waals surface area contributed by atoms with Crippen molar-refractivity contribution in [3.63, 3.8) is 0 Å². The second-order valence-corrected chi connectivity index (χ2v) is 6.31. The molecule has 0 aliphatic carbocycles. The first-order valence-corrected chi connectivity index (χ1v) is 7.69. The van der Waals surface area contributed by atoms with Gasteiger partial charge in [-0.2, -0.15) is 0 Å². The van der Waals surface area contributed by atoms with E-state index in [2.05, 4.69) is 5.32 Å². The summed E-state index contributed by atoms with van der Waals surface area (Å²) in [6, 6.07) is 6.58. The Labute approximate surface area is 135 Å². The number of carbonyl (C=O) groups excluding carboxylic acids is 2. The van der Waals surface area contributed by atoms with Crippen molar-refractivity contribution in [2.45, 2.75) is 33.2 Å². The number of aryl methyl sites for hydroxylation is 1. The maximum Gasteiger partial charge on any atom is 0.326 e. The number of nitrogens with zero attached hydrogens (tertiary/aromatic N) is 1. The summed E-state index contributed by atoms with van der Waals surface area (Å²) in [5, 5.41) is 11.7. The molecule has 6 nitrogen and oxygen atoms in total. The minimum absolute atomic E-state index is 0.101. The van der Waals surface area contributed by atoms with Gasteiger partial charge in [0.05, 0.1) is 5.92 Å². The number of benzene rings is 1. The predicted molar refractivity (Wildman–Crippen MR) is 86.0 cm³/mol. The van der Waals surface area contributed by atoms with Crippen molar-refractivity contribution in [2.24, 2.45) is 11.8 Å². The number of anilines is 1. The van der Waals surface area contributed by atoms with Crippen molar-refractivity contribution in [2.75, 3.05) is 11.4 Å². The van der Waals surface area contributed by atoms with Crippen LogP contribution in [0.2, 0.25) is 0 Å². The lowest BCUT2D eigenvalue weighted by Gasteiger charge is -2.20. The molecule has 23 heavy (non-hydrogen) atoms. The highest BCUT2D eigenvalue weighted by Crippen LogP contribution is 2.25. The quantitative estimate of drug-likeness (QED) is 0.863. The van der Waals surface area contributed by atoms with Gasteiger partial charge in [0.2, 0.25) is 11.8 Å². The van der Waals surface area contributed by atoms with Crippen LogP contribution >= 0.6 is 0 Å². The Morgan fingerprint density at radius 1 is 1.26 bits per heavy atom. The molecule has 1 aromatic rings. The summed E-state index contributed by atoms with van der Waals surface area (Å²) in [6.45, 7) is 5.71. The Morgan fingerprint density at radius 2 is 1.87 bits per heavy atom. The standard InChI is InChI=1S/C17H22N2O4/c1-10(2)15(17(22)23)18-16(21)12-8-14(20)19(9-12)13-6-4-11(3)5-7-13/h4-7,10,12,15H,8-9H2,1-3H3,(H,18,21)(H,22,23)/t12?,15-/m0/s1. The molecule has 0 radical (unpaired) electrons. The summed E-state index contributed by atoms with van der Waals surface area (Å²) in [6.07, 6.45) is 0.101. The van der Waals surface area contributed by atoms with Gasteiger partial charge in [0.25, 0.3) is 0 Å². The smallest absolute Gasteiger partial charge is 0.326 e. The summed E-state index contributed by atoms with van der Waals surface area (Å²) >= 11 is 0. The molecule has 1 aliphatic heterocycles. The Kier molecular flexibility index (Phi) is 5.03. The molecule has 0 bridgehead atoms. The minimum atomic E-state index is -1.06. The molecule has 0 saturated carbocycles. The number of nitrogens with one attached hydrogen (secondary N) is 1. The van der Waals surface area contributed by atoms with E-state index in [9.17, 15) is 14.4 Å². The van der Waals surface area contributed by atoms with E-state index in [1.54, 1.807) is 18.7 Å². The normalized spacial score (nSPS) is 19.0. The maximum atomic E-state index is 12.3. The highest BCUT2D eigenvalue weighted by Gasteiger charge is 2.37. The Balaban J connectivity index is 2.05. The summed E-state index contributed by atoms with van der Waals surface area (Å²) in [5.41, 5.74) is 1.85. The first kappa shape index (κ1) is 17.0. The van der Waals surface area contributed by atoms with E-state index in [0.29, 0.717) is 0 Å². The van der Waals surface area contributed by atoms with Gasteiger partial charge in [-0.25, -0.2) is 4.79 Å². The predicted octanol–water partition coefficient (Wildman–Crippen LogP) is 1.57. The van der Waals surface area contributed by atoms with Crippen molar-refractivity contribution in [3.8, 4) is 0 Å². The van der Waals surface area contributed by atoms with Crippen LogP contribution in [0.1, 0.15) is 25.8 Å². The number of hydrogen-bond acceptors (Lipinski definition) is 3. The van der Waals surface area contributed by atoms with Crippen LogP contribution in [-0.2, 0) is 14.4 Å². The minimum Gasteiger partial charge on any atom is -0.480 e. The van der Waals surface area contributed by atoms with Gasteiger partial charge < -0.3 is 15.3 Å². The van der Waals surface area contributed by atoms with Gasteiger partial charge in [0, 0.05) is 18.7 Å². The largest absolute Gasteiger partial charge is 0.480 e. The molecular weight excluding hydrogens is 296 g/mol. The molecule has 1 heterocycles. The summed E-state index contributed by atoms with van der Waals surface area (Å²) in [7, 11) is 0. The second-order valence-electron chi connectivity index (χ2n) is 6.31. The number of aliphatic carboxylic acids is 1. The lowest BCUT2D eigenvalue weighted by atomic mass is 10.0. The number of carbonyl (C=O) groups is 3. The molecular formula is C17H22N2O4. The molecule has 2 N–H and O–H groups in total. The van der Waals surface area contributed by atoms with Crippen LogP contribution in [0.4, 0.5) is 5.69 Å². The van der Waals surface area contributed by atoms with Gasteiger partial charge in [0.1, 0.15) is 6.04 Å². The van der Waals surface area contributed by atoms with Gasteiger partial charge in [-0.1, -0.05) is 31.5 Å². The highest BCUT2D eigenvalue weighted by molar-refractivity contribution is 6.00. The van der Waals surface area contributed by atoms with Crippen LogP contribution in [0, 0.1) is 18.8 Å². The SMILES string of the molecule is Cc1ccc(N2CC(C(=O)N[C@H](C(=O)O)C(C)C)CC2=O)cc1.